The van der Waals surface area contributed by atoms with E-state index in [4.69, 9.17) is 4.74 Å². The lowest BCUT2D eigenvalue weighted by Crippen LogP contribution is -2.47. The topological polar surface area (TPSA) is 93.5 Å². The Morgan fingerprint density at radius 1 is 1.45 bits per heavy atom. The summed E-state index contributed by atoms with van der Waals surface area (Å²) < 4.78 is 33.8. The zero-order chi connectivity index (χ0) is 14.8. The Morgan fingerprint density at radius 3 is 2.75 bits per heavy atom. The van der Waals surface area contributed by atoms with Gasteiger partial charge in [0.05, 0.1) is 24.6 Å². The second kappa shape index (κ2) is 6.21. The van der Waals surface area contributed by atoms with E-state index in [9.17, 15) is 13.5 Å². The summed E-state index contributed by atoms with van der Waals surface area (Å²) in [6, 6.07) is -0.547. The number of ether oxygens (including phenoxy) is 1. The number of nitrogens with zero attached hydrogens (tertiary/aromatic N) is 2. The molecular weight excluding hydrogens is 282 g/mol. The van der Waals surface area contributed by atoms with Gasteiger partial charge in [-0.15, -0.1) is 0 Å². The normalized spacial score (nSPS) is 28.2. The van der Waals surface area contributed by atoms with Crippen LogP contribution in [0.3, 0.4) is 0 Å². The Balaban J connectivity index is 2.14. The van der Waals surface area contributed by atoms with Crippen molar-refractivity contribution in [3.8, 4) is 0 Å². The first-order valence-corrected chi connectivity index (χ1v) is 8.13. The molecule has 2 rings (SSSR count). The Bertz CT molecular complexity index is 543. The minimum Gasteiger partial charge on any atom is -0.389 e. The number of rotatable bonds is 4. The molecule has 1 aliphatic rings. The number of nitrogens with one attached hydrogen (secondary N) is 1. The molecule has 3 atom stereocenters. The fourth-order valence-electron chi connectivity index (χ4n) is 2.48. The molecule has 2 N–H and O–H groups in total. The van der Waals surface area contributed by atoms with Gasteiger partial charge in [0, 0.05) is 20.4 Å². The molecule has 20 heavy (non-hydrogen) atoms. The molecule has 0 amide bonds. The molecule has 1 aromatic rings. The number of hydrogen-bond acceptors (Lipinski definition) is 5. The Hall–Kier alpha value is -0.960. The monoisotopic (exact) mass is 303 g/mol. The maximum Gasteiger partial charge on any atom is 0.259 e. The number of hydrogen-bond donors (Lipinski definition) is 2. The summed E-state index contributed by atoms with van der Waals surface area (Å²) in [7, 11) is -0.484. The molecule has 114 valence electrons. The van der Waals surface area contributed by atoms with Crippen molar-refractivity contribution in [2.45, 2.75) is 49.0 Å². The highest BCUT2D eigenvalue weighted by molar-refractivity contribution is 7.89. The van der Waals surface area contributed by atoms with Crippen molar-refractivity contribution >= 4 is 10.0 Å². The minimum atomic E-state index is -3.72. The van der Waals surface area contributed by atoms with Crippen LogP contribution in [0, 0.1) is 0 Å². The molecule has 0 bridgehead atoms. The molecule has 1 heterocycles. The third-order valence-corrected chi connectivity index (χ3v) is 4.99. The third-order valence-electron chi connectivity index (χ3n) is 3.61. The van der Waals surface area contributed by atoms with Gasteiger partial charge >= 0.3 is 0 Å². The fraction of sp³-hybridized carbons (Fsp3) is 0.750. The van der Waals surface area contributed by atoms with Gasteiger partial charge in [-0.1, -0.05) is 12.8 Å². The number of aliphatic hydroxyl groups excluding tert-OH is 1. The van der Waals surface area contributed by atoms with Gasteiger partial charge in [-0.3, -0.25) is 0 Å². The van der Waals surface area contributed by atoms with Crippen molar-refractivity contribution in [3.05, 3.63) is 12.5 Å². The van der Waals surface area contributed by atoms with Crippen molar-refractivity contribution in [1.29, 1.82) is 0 Å². The molecule has 0 aliphatic heterocycles. The van der Waals surface area contributed by atoms with Crippen LogP contribution < -0.4 is 4.72 Å². The van der Waals surface area contributed by atoms with E-state index in [1.54, 1.807) is 11.6 Å². The summed E-state index contributed by atoms with van der Waals surface area (Å²) in [5.74, 6) is 0. The Labute approximate surface area is 119 Å². The first-order chi connectivity index (χ1) is 9.44. The highest BCUT2D eigenvalue weighted by Crippen LogP contribution is 2.22. The van der Waals surface area contributed by atoms with Gasteiger partial charge in [-0.25, -0.2) is 18.1 Å². The number of aromatic nitrogens is 2. The van der Waals surface area contributed by atoms with Crippen LogP contribution in [0.5, 0.6) is 0 Å². The van der Waals surface area contributed by atoms with Crippen LogP contribution in [0.25, 0.3) is 0 Å². The predicted octanol–water partition coefficient (Wildman–Crippen LogP) is 0.0169. The zero-order valence-corrected chi connectivity index (χ0v) is 12.5. The van der Waals surface area contributed by atoms with Crippen molar-refractivity contribution in [2.24, 2.45) is 7.05 Å². The van der Waals surface area contributed by atoms with Gasteiger partial charge in [0.1, 0.15) is 0 Å². The van der Waals surface area contributed by atoms with Gasteiger partial charge in [-0.2, -0.15) is 0 Å². The zero-order valence-electron chi connectivity index (χ0n) is 11.7. The van der Waals surface area contributed by atoms with Gasteiger partial charge in [0.2, 0.25) is 0 Å². The molecule has 8 heteroatoms. The highest BCUT2D eigenvalue weighted by atomic mass is 32.2. The second-order valence-corrected chi connectivity index (χ2v) is 6.82. The van der Waals surface area contributed by atoms with E-state index < -0.39 is 22.2 Å². The SMILES string of the molecule is CO[C@@H]1CCCC[C@@H](NS(=O)(=O)c2cn(C)cn2)[C@H]1O. The van der Waals surface area contributed by atoms with Crippen molar-refractivity contribution < 1.29 is 18.3 Å². The second-order valence-electron chi connectivity index (χ2n) is 5.15. The summed E-state index contributed by atoms with van der Waals surface area (Å²) in [6.07, 6.45) is 4.76. The van der Waals surface area contributed by atoms with Gasteiger partial charge < -0.3 is 14.4 Å². The van der Waals surface area contributed by atoms with Crippen LogP contribution in [0.15, 0.2) is 17.6 Å². The molecule has 0 radical (unpaired) electrons. The largest absolute Gasteiger partial charge is 0.389 e. The smallest absolute Gasteiger partial charge is 0.259 e. The molecule has 0 unspecified atom stereocenters. The Kier molecular flexibility index (Phi) is 4.79. The van der Waals surface area contributed by atoms with Gasteiger partial charge in [0.15, 0.2) is 5.03 Å². The lowest BCUT2D eigenvalue weighted by atomic mass is 10.1. The quantitative estimate of drug-likeness (QED) is 0.765. The van der Waals surface area contributed by atoms with Crippen LogP contribution in [0.1, 0.15) is 25.7 Å². The van der Waals surface area contributed by atoms with E-state index in [1.165, 1.54) is 19.6 Å². The fourth-order valence-corrected chi connectivity index (χ4v) is 3.75. The highest BCUT2D eigenvalue weighted by Gasteiger charge is 2.33. The van der Waals surface area contributed by atoms with E-state index in [0.29, 0.717) is 6.42 Å². The maximum atomic E-state index is 12.2. The molecule has 0 spiro atoms. The summed E-state index contributed by atoms with van der Waals surface area (Å²) in [5, 5.41) is 10.2. The summed E-state index contributed by atoms with van der Waals surface area (Å²) in [4.78, 5) is 3.84. The molecule has 7 nitrogen and oxygen atoms in total. The number of imidazole rings is 1. The van der Waals surface area contributed by atoms with E-state index >= 15 is 0 Å². The van der Waals surface area contributed by atoms with Crippen LogP contribution in [-0.2, 0) is 21.8 Å². The first kappa shape index (κ1) is 15.4. The molecule has 0 aromatic carbocycles. The van der Waals surface area contributed by atoms with E-state index in [2.05, 4.69) is 9.71 Å². The van der Waals surface area contributed by atoms with Crippen LogP contribution in [0.4, 0.5) is 0 Å². The van der Waals surface area contributed by atoms with Crippen molar-refractivity contribution in [1.82, 2.24) is 14.3 Å². The number of aryl methyl sites for hydroxylation is 1. The van der Waals surface area contributed by atoms with E-state index in [1.807, 2.05) is 0 Å². The van der Waals surface area contributed by atoms with Gasteiger partial charge in [-0.05, 0) is 12.8 Å². The maximum absolute atomic E-state index is 12.2. The van der Waals surface area contributed by atoms with Gasteiger partial charge in [0.25, 0.3) is 10.0 Å². The Morgan fingerprint density at radius 2 is 2.15 bits per heavy atom. The summed E-state index contributed by atoms with van der Waals surface area (Å²) >= 11 is 0. The number of sulfonamides is 1. The molecule has 0 saturated heterocycles. The molecule has 1 aromatic heterocycles. The predicted molar refractivity (Wildman–Crippen MR) is 72.6 cm³/mol. The number of aliphatic hydroxyl groups is 1. The average Bonchev–Trinajstić information content (AvgIpc) is 2.77. The summed E-state index contributed by atoms with van der Waals surface area (Å²) in [6.45, 7) is 0. The molecular formula is C12H21N3O4S. The molecule has 1 fully saturated rings. The first-order valence-electron chi connectivity index (χ1n) is 6.65. The lowest BCUT2D eigenvalue weighted by Gasteiger charge is -2.26. The minimum absolute atomic E-state index is 0.0367. The molecule has 1 aliphatic carbocycles. The van der Waals surface area contributed by atoms with Crippen LogP contribution in [0.2, 0.25) is 0 Å². The van der Waals surface area contributed by atoms with Crippen molar-refractivity contribution in [2.75, 3.05) is 7.11 Å². The summed E-state index contributed by atoms with van der Waals surface area (Å²) in [5.41, 5.74) is 0. The van der Waals surface area contributed by atoms with E-state index in [-0.39, 0.29) is 11.1 Å². The van der Waals surface area contributed by atoms with Crippen molar-refractivity contribution in [3.63, 3.8) is 0 Å². The average molecular weight is 303 g/mol. The van der Waals surface area contributed by atoms with E-state index in [0.717, 1.165) is 19.3 Å². The molecule has 1 saturated carbocycles. The lowest BCUT2D eigenvalue weighted by molar-refractivity contribution is -0.0252. The third kappa shape index (κ3) is 3.38. The van der Waals surface area contributed by atoms with Crippen LogP contribution in [-0.4, -0.2) is 48.4 Å². The van der Waals surface area contributed by atoms with Crippen LogP contribution >= 0.6 is 0 Å². The standard InChI is InChI=1S/C12H21N3O4S/c1-15-7-11(13-8-15)20(17,18)14-9-5-3-4-6-10(19-2)12(9)16/h7-10,12,14,16H,3-6H2,1-2H3/t9-,10-,12-/m1/s1. The number of methoxy groups -OCH3 is 1.